The summed E-state index contributed by atoms with van der Waals surface area (Å²) in [5, 5.41) is 8.72. The minimum Gasteiger partial charge on any atom is -0.481 e. The van der Waals surface area contributed by atoms with Gasteiger partial charge in [0.25, 0.3) is 0 Å². The summed E-state index contributed by atoms with van der Waals surface area (Å²) in [7, 11) is 0. The van der Waals surface area contributed by atoms with Gasteiger partial charge in [-0.2, -0.15) is 0 Å². The van der Waals surface area contributed by atoms with Gasteiger partial charge < -0.3 is 10.0 Å². The van der Waals surface area contributed by atoms with Crippen molar-refractivity contribution in [2.45, 2.75) is 31.7 Å². The molecule has 0 atom stereocenters. The molecule has 1 saturated heterocycles. The van der Waals surface area contributed by atoms with Crippen molar-refractivity contribution in [2.75, 3.05) is 32.7 Å². The molecule has 0 spiro atoms. The second kappa shape index (κ2) is 6.58. The van der Waals surface area contributed by atoms with Gasteiger partial charge in [0.15, 0.2) is 0 Å². The van der Waals surface area contributed by atoms with Crippen LogP contribution >= 0.6 is 0 Å². The Hall–Kier alpha value is -1.39. The molecule has 1 aliphatic heterocycles. The van der Waals surface area contributed by atoms with E-state index >= 15 is 0 Å². The summed E-state index contributed by atoms with van der Waals surface area (Å²) < 4.78 is 0. The highest BCUT2D eigenvalue weighted by Crippen LogP contribution is 2.39. The van der Waals surface area contributed by atoms with Gasteiger partial charge in [0.2, 0.25) is 0 Å². The normalized spacial score (nSPS) is 20.6. The maximum atomic E-state index is 10.6. The van der Waals surface area contributed by atoms with Crippen molar-refractivity contribution in [1.29, 1.82) is 0 Å². The van der Waals surface area contributed by atoms with E-state index < -0.39 is 5.97 Å². The highest BCUT2D eigenvalue weighted by atomic mass is 16.4. The van der Waals surface area contributed by atoms with Crippen LogP contribution in [0.3, 0.4) is 0 Å². The molecule has 1 heterocycles. The summed E-state index contributed by atoms with van der Waals surface area (Å²) in [5.74, 6) is 0.130. The van der Waals surface area contributed by atoms with E-state index in [1.165, 1.54) is 24.0 Å². The van der Waals surface area contributed by atoms with Crippen LogP contribution in [0.1, 0.15) is 36.3 Å². The van der Waals surface area contributed by atoms with Crippen molar-refractivity contribution in [1.82, 2.24) is 9.80 Å². The molecule has 0 radical (unpaired) electrons. The van der Waals surface area contributed by atoms with Crippen molar-refractivity contribution >= 4 is 5.97 Å². The number of carboxylic acid groups (broad SMARTS) is 1. The third-order valence-corrected chi connectivity index (χ3v) is 4.54. The van der Waals surface area contributed by atoms with Crippen LogP contribution in [0.2, 0.25) is 0 Å². The van der Waals surface area contributed by atoms with E-state index in [1.54, 1.807) is 0 Å². The summed E-state index contributed by atoms with van der Waals surface area (Å²) >= 11 is 0. The second-order valence-corrected chi connectivity index (χ2v) is 6.28. The van der Waals surface area contributed by atoms with Gasteiger partial charge in [0, 0.05) is 39.3 Å². The zero-order chi connectivity index (χ0) is 14.7. The SMILES string of the molecule is O=C(O)CCN1CCN(Cc2ccc(C3CC3)cc2)CC1. The number of piperazine rings is 1. The minimum absolute atomic E-state index is 0.253. The van der Waals surface area contributed by atoms with E-state index in [2.05, 4.69) is 34.1 Å². The smallest absolute Gasteiger partial charge is 0.304 e. The first-order valence-corrected chi connectivity index (χ1v) is 7.96. The number of nitrogens with zero attached hydrogens (tertiary/aromatic N) is 2. The van der Waals surface area contributed by atoms with Gasteiger partial charge in [-0.3, -0.25) is 9.69 Å². The zero-order valence-electron chi connectivity index (χ0n) is 12.5. The number of hydrogen-bond donors (Lipinski definition) is 1. The minimum atomic E-state index is -0.701. The largest absolute Gasteiger partial charge is 0.481 e. The third-order valence-electron chi connectivity index (χ3n) is 4.54. The predicted molar refractivity (Wildman–Crippen MR) is 82.4 cm³/mol. The van der Waals surface area contributed by atoms with Crippen molar-refractivity contribution in [2.24, 2.45) is 0 Å². The van der Waals surface area contributed by atoms with Crippen molar-refractivity contribution in [3.05, 3.63) is 35.4 Å². The van der Waals surface area contributed by atoms with Gasteiger partial charge in [0.1, 0.15) is 0 Å². The molecule has 0 amide bonds. The summed E-state index contributed by atoms with van der Waals surface area (Å²) in [6.07, 6.45) is 2.97. The van der Waals surface area contributed by atoms with Gasteiger partial charge in [-0.25, -0.2) is 0 Å². The molecule has 0 bridgehead atoms. The first kappa shape index (κ1) is 14.5. The van der Waals surface area contributed by atoms with Gasteiger partial charge in [-0.1, -0.05) is 24.3 Å². The molecule has 4 heteroatoms. The maximum absolute atomic E-state index is 10.6. The van der Waals surface area contributed by atoms with Crippen LogP contribution in [-0.4, -0.2) is 53.6 Å². The van der Waals surface area contributed by atoms with Gasteiger partial charge >= 0.3 is 5.97 Å². The molecule has 21 heavy (non-hydrogen) atoms. The molecule has 1 aromatic rings. The lowest BCUT2D eigenvalue weighted by atomic mass is 10.1. The summed E-state index contributed by atoms with van der Waals surface area (Å²) in [5.41, 5.74) is 2.88. The third kappa shape index (κ3) is 4.29. The quantitative estimate of drug-likeness (QED) is 0.871. The number of rotatable bonds is 6. The predicted octanol–water partition coefficient (Wildman–Crippen LogP) is 2.16. The fourth-order valence-corrected chi connectivity index (χ4v) is 2.99. The zero-order valence-corrected chi connectivity index (χ0v) is 12.5. The fourth-order valence-electron chi connectivity index (χ4n) is 2.99. The monoisotopic (exact) mass is 288 g/mol. The van der Waals surface area contributed by atoms with E-state index in [1.807, 2.05) is 0 Å². The topological polar surface area (TPSA) is 43.8 Å². The Morgan fingerprint density at radius 1 is 1.05 bits per heavy atom. The average Bonchev–Trinajstić information content (AvgIpc) is 3.32. The molecule has 3 rings (SSSR count). The lowest BCUT2D eigenvalue weighted by Gasteiger charge is -2.34. The fraction of sp³-hybridized carbons (Fsp3) is 0.588. The molecular formula is C17H24N2O2. The standard InChI is InChI=1S/C17H24N2O2/c20-17(21)7-8-18-9-11-19(12-10-18)13-14-1-3-15(4-2-14)16-5-6-16/h1-4,16H,5-13H2,(H,20,21). The number of carboxylic acids is 1. The Morgan fingerprint density at radius 2 is 1.67 bits per heavy atom. The number of aliphatic carboxylic acids is 1. The van der Waals surface area contributed by atoms with Gasteiger partial charge in [-0.15, -0.1) is 0 Å². The van der Waals surface area contributed by atoms with Crippen LogP contribution in [0.4, 0.5) is 0 Å². The molecule has 2 fully saturated rings. The van der Waals surface area contributed by atoms with Crippen LogP contribution < -0.4 is 0 Å². The summed E-state index contributed by atoms with van der Waals surface area (Å²) in [6, 6.07) is 9.11. The summed E-state index contributed by atoms with van der Waals surface area (Å²) in [4.78, 5) is 15.3. The van der Waals surface area contributed by atoms with E-state index in [9.17, 15) is 4.79 Å². The molecule has 1 N–H and O–H groups in total. The van der Waals surface area contributed by atoms with Crippen molar-refractivity contribution < 1.29 is 9.90 Å². The number of benzene rings is 1. The Kier molecular flexibility index (Phi) is 4.56. The Labute approximate surface area is 126 Å². The van der Waals surface area contributed by atoms with Gasteiger partial charge in [-0.05, 0) is 29.9 Å². The van der Waals surface area contributed by atoms with Crippen LogP contribution in [0.5, 0.6) is 0 Å². The van der Waals surface area contributed by atoms with Gasteiger partial charge in [0.05, 0.1) is 6.42 Å². The van der Waals surface area contributed by atoms with Crippen molar-refractivity contribution in [3.8, 4) is 0 Å². The van der Waals surface area contributed by atoms with Crippen LogP contribution in [0, 0.1) is 0 Å². The molecule has 1 aromatic carbocycles. The molecule has 4 nitrogen and oxygen atoms in total. The van der Waals surface area contributed by atoms with E-state index in [4.69, 9.17) is 5.11 Å². The van der Waals surface area contributed by atoms with E-state index in [0.717, 1.165) is 38.6 Å². The molecule has 0 unspecified atom stereocenters. The number of hydrogen-bond acceptors (Lipinski definition) is 3. The van der Waals surface area contributed by atoms with Crippen molar-refractivity contribution in [3.63, 3.8) is 0 Å². The second-order valence-electron chi connectivity index (χ2n) is 6.28. The van der Waals surface area contributed by atoms with Crippen LogP contribution in [-0.2, 0) is 11.3 Å². The van der Waals surface area contributed by atoms with Crippen LogP contribution in [0.15, 0.2) is 24.3 Å². The van der Waals surface area contributed by atoms with E-state index in [-0.39, 0.29) is 6.42 Å². The molecule has 0 aromatic heterocycles. The number of carbonyl (C=O) groups is 1. The highest BCUT2D eigenvalue weighted by molar-refractivity contribution is 5.66. The lowest BCUT2D eigenvalue weighted by Crippen LogP contribution is -2.46. The maximum Gasteiger partial charge on any atom is 0.304 e. The first-order valence-electron chi connectivity index (χ1n) is 7.96. The molecule has 1 saturated carbocycles. The lowest BCUT2D eigenvalue weighted by molar-refractivity contribution is -0.137. The Bertz CT molecular complexity index is 474. The summed E-state index contributed by atoms with van der Waals surface area (Å²) in [6.45, 7) is 5.71. The Morgan fingerprint density at radius 3 is 2.24 bits per heavy atom. The van der Waals surface area contributed by atoms with Crippen LogP contribution in [0.25, 0.3) is 0 Å². The molecule has 114 valence electrons. The highest BCUT2D eigenvalue weighted by Gasteiger charge is 2.23. The molecular weight excluding hydrogens is 264 g/mol. The Balaban J connectivity index is 1.43. The molecule has 2 aliphatic rings. The first-order chi connectivity index (χ1) is 10.2. The molecule has 1 aliphatic carbocycles. The average molecular weight is 288 g/mol. The van der Waals surface area contributed by atoms with E-state index in [0.29, 0.717) is 6.54 Å².